The normalized spacial score (nSPS) is 10.2. The Kier molecular flexibility index (Phi) is 8.21. The molecule has 2 rings (SSSR count). The topological polar surface area (TPSA) is 90.5 Å². The highest BCUT2D eigenvalue weighted by Gasteiger charge is 2.13. The van der Waals surface area contributed by atoms with Crippen LogP contribution in [0.25, 0.3) is 0 Å². The van der Waals surface area contributed by atoms with Gasteiger partial charge in [0.15, 0.2) is 0 Å². The molecule has 2 aromatic rings. The van der Waals surface area contributed by atoms with E-state index in [-0.39, 0.29) is 24.3 Å². The first-order valence-corrected chi connectivity index (χ1v) is 9.79. The number of nitrogens with zero attached hydrogens (tertiary/aromatic N) is 1. The van der Waals surface area contributed by atoms with Crippen molar-refractivity contribution in [3.8, 4) is 0 Å². The first-order valence-electron chi connectivity index (χ1n) is 9.79. The predicted octanol–water partition coefficient (Wildman–Crippen LogP) is 2.97. The summed E-state index contributed by atoms with van der Waals surface area (Å²) in [6, 6.07) is 13.8. The lowest BCUT2D eigenvalue weighted by molar-refractivity contribution is -0.114. The quantitative estimate of drug-likeness (QED) is 0.608. The van der Waals surface area contributed by atoms with Gasteiger partial charge in [0.1, 0.15) is 0 Å². The molecule has 0 spiro atoms. The second-order valence-electron chi connectivity index (χ2n) is 6.40. The summed E-state index contributed by atoms with van der Waals surface area (Å²) < 4.78 is 0. The van der Waals surface area contributed by atoms with Gasteiger partial charge >= 0.3 is 0 Å². The SMILES string of the molecule is CCNC(=O)c1ccc(NC(=O)CNc2cccc(C(=O)N(CC)CC)c2)cc1. The van der Waals surface area contributed by atoms with Crippen LogP contribution < -0.4 is 16.0 Å². The monoisotopic (exact) mass is 396 g/mol. The van der Waals surface area contributed by atoms with E-state index in [4.69, 9.17) is 0 Å². The summed E-state index contributed by atoms with van der Waals surface area (Å²) in [5.41, 5.74) is 2.43. The van der Waals surface area contributed by atoms with E-state index >= 15 is 0 Å². The van der Waals surface area contributed by atoms with Crippen molar-refractivity contribution >= 4 is 29.1 Å². The number of amides is 3. The van der Waals surface area contributed by atoms with Crippen molar-refractivity contribution in [2.24, 2.45) is 0 Å². The zero-order valence-electron chi connectivity index (χ0n) is 17.1. The van der Waals surface area contributed by atoms with Crippen molar-refractivity contribution in [1.29, 1.82) is 0 Å². The maximum atomic E-state index is 12.4. The van der Waals surface area contributed by atoms with Gasteiger partial charge in [0.2, 0.25) is 5.91 Å². The largest absolute Gasteiger partial charge is 0.376 e. The molecular formula is C22H28N4O3. The molecule has 3 amide bonds. The smallest absolute Gasteiger partial charge is 0.253 e. The molecule has 0 aliphatic rings. The molecule has 0 saturated heterocycles. The molecule has 154 valence electrons. The van der Waals surface area contributed by atoms with E-state index in [1.165, 1.54) is 0 Å². The molecule has 0 fully saturated rings. The van der Waals surface area contributed by atoms with Gasteiger partial charge < -0.3 is 20.9 Å². The number of anilines is 2. The van der Waals surface area contributed by atoms with E-state index in [0.717, 1.165) is 0 Å². The lowest BCUT2D eigenvalue weighted by Crippen LogP contribution is -2.30. The summed E-state index contributed by atoms with van der Waals surface area (Å²) >= 11 is 0. The Balaban J connectivity index is 1.91. The maximum absolute atomic E-state index is 12.4. The molecule has 3 N–H and O–H groups in total. The van der Waals surface area contributed by atoms with Gasteiger partial charge in [-0.1, -0.05) is 6.07 Å². The fourth-order valence-electron chi connectivity index (χ4n) is 2.81. The summed E-state index contributed by atoms with van der Waals surface area (Å²) in [6.45, 7) is 7.65. The molecule has 0 aliphatic heterocycles. The van der Waals surface area contributed by atoms with Crippen molar-refractivity contribution < 1.29 is 14.4 Å². The van der Waals surface area contributed by atoms with Crippen LogP contribution in [-0.4, -0.2) is 48.8 Å². The van der Waals surface area contributed by atoms with Crippen molar-refractivity contribution in [3.05, 3.63) is 59.7 Å². The molecule has 0 aliphatic carbocycles. The van der Waals surface area contributed by atoms with Crippen molar-refractivity contribution in [2.75, 3.05) is 36.8 Å². The van der Waals surface area contributed by atoms with Gasteiger partial charge in [-0.15, -0.1) is 0 Å². The zero-order chi connectivity index (χ0) is 21.2. The molecule has 0 aromatic heterocycles. The highest BCUT2D eigenvalue weighted by molar-refractivity contribution is 5.97. The minimum Gasteiger partial charge on any atom is -0.376 e. The third kappa shape index (κ3) is 6.34. The zero-order valence-corrected chi connectivity index (χ0v) is 17.1. The van der Waals surface area contributed by atoms with Crippen LogP contribution in [0.5, 0.6) is 0 Å². The summed E-state index contributed by atoms with van der Waals surface area (Å²) in [7, 11) is 0. The second kappa shape index (κ2) is 10.8. The highest BCUT2D eigenvalue weighted by atomic mass is 16.2. The van der Waals surface area contributed by atoms with Crippen LogP contribution in [0.3, 0.4) is 0 Å². The van der Waals surface area contributed by atoms with E-state index in [9.17, 15) is 14.4 Å². The first-order chi connectivity index (χ1) is 14.0. The molecule has 0 heterocycles. The Morgan fingerprint density at radius 1 is 0.862 bits per heavy atom. The van der Waals surface area contributed by atoms with Gasteiger partial charge in [0.25, 0.3) is 11.8 Å². The van der Waals surface area contributed by atoms with Crippen LogP contribution in [0.15, 0.2) is 48.5 Å². The van der Waals surface area contributed by atoms with Crippen molar-refractivity contribution in [2.45, 2.75) is 20.8 Å². The standard InChI is InChI=1S/C22H28N4O3/c1-4-23-21(28)16-10-12-18(13-11-16)25-20(27)15-24-19-9-7-8-17(14-19)22(29)26(5-2)6-3/h7-14,24H,4-6,15H2,1-3H3,(H,23,28)(H,25,27). The third-order valence-electron chi connectivity index (χ3n) is 4.38. The number of nitrogens with one attached hydrogen (secondary N) is 3. The molecule has 7 heteroatoms. The van der Waals surface area contributed by atoms with Crippen LogP contribution in [0.1, 0.15) is 41.5 Å². The fraction of sp³-hybridized carbons (Fsp3) is 0.318. The summed E-state index contributed by atoms with van der Waals surface area (Å²) in [6.07, 6.45) is 0. The minimum absolute atomic E-state index is 0.0321. The average Bonchev–Trinajstić information content (AvgIpc) is 2.74. The average molecular weight is 396 g/mol. The van der Waals surface area contributed by atoms with Gasteiger partial charge in [0.05, 0.1) is 6.54 Å². The Labute approximate surface area is 171 Å². The summed E-state index contributed by atoms with van der Waals surface area (Å²) in [5, 5.41) is 8.53. The van der Waals surface area contributed by atoms with Crippen molar-refractivity contribution in [3.63, 3.8) is 0 Å². The minimum atomic E-state index is -0.226. The van der Waals surface area contributed by atoms with Crippen molar-refractivity contribution in [1.82, 2.24) is 10.2 Å². The molecule has 0 bridgehead atoms. The Bertz CT molecular complexity index is 845. The van der Waals surface area contributed by atoms with E-state index in [0.29, 0.717) is 42.1 Å². The lowest BCUT2D eigenvalue weighted by atomic mass is 10.1. The second-order valence-corrected chi connectivity index (χ2v) is 6.40. The lowest BCUT2D eigenvalue weighted by Gasteiger charge is -2.19. The number of carbonyl (C=O) groups is 3. The highest BCUT2D eigenvalue weighted by Crippen LogP contribution is 2.13. The van der Waals surface area contributed by atoms with Crippen LogP contribution in [0.4, 0.5) is 11.4 Å². The number of hydrogen-bond donors (Lipinski definition) is 3. The van der Waals surface area contributed by atoms with Crippen LogP contribution >= 0.6 is 0 Å². The summed E-state index contributed by atoms with van der Waals surface area (Å²) in [4.78, 5) is 38.1. The van der Waals surface area contributed by atoms with E-state index in [1.54, 1.807) is 47.4 Å². The number of hydrogen-bond acceptors (Lipinski definition) is 4. The summed E-state index contributed by atoms with van der Waals surface area (Å²) in [5.74, 6) is -0.405. The molecule has 0 radical (unpaired) electrons. The molecule has 7 nitrogen and oxygen atoms in total. The maximum Gasteiger partial charge on any atom is 0.253 e. The molecular weight excluding hydrogens is 368 g/mol. The van der Waals surface area contributed by atoms with Crippen LogP contribution in [-0.2, 0) is 4.79 Å². The van der Waals surface area contributed by atoms with Gasteiger partial charge in [-0.3, -0.25) is 14.4 Å². The number of carbonyl (C=O) groups excluding carboxylic acids is 3. The Morgan fingerprint density at radius 3 is 2.17 bits per heavy atom. The fourth-order valence-corrected chi connectivity index (χ4v) is 2.81. The number of rotatable bonds is 9. The molecule has 0 saturated carbocycles. The molecule has 0 atom stereocenters. The number of benzene rings is 2. The first kappa shape index (κ1) is 21.9. The van der Waals surface area contributed by atoms with Gasteiger partial charge in [0, 0.05) is 42.1 Å². The molecule has 29 heavy (non-hydrogen) atoms. The third-order valence-corrected chi connectivity index (χ3v) is 4.38. The van der Waals surface area contributed by atoms with Gasteiger partial charge in [-0.05, 0) is 63.2 Å². The van der Waals surface area contributed by atoms with E-state index < -0.39 is 0 Å². The predicted molar refractivity (Wildman–Crippen MR) is 115 cm³/mol. The van der Waals surface area contributed by atoms with Gasteiger partial charge in [-0.2, -0.15) is 0 Å². The Morgan fingerprint density at radius 2 is 1.55 bits per heavy atom. The van der Waals surface area contributed by atoms with E-state index in [2.05, 4.69) is 16.0 Å². The molecule has 0 unspecified atom stereocenters. The van der Waals surface area contributed by atoms with Crippen LogP contribution in [0.2, 0.25) is 0 Å². The van der Waals surface area contributed by atoms with Crippen LogP contribution in [0, 0.1) is 0 Å². The molecule has 2 aromatic carbocycles. The Hall–Kier alpha value is -3.35. The van der Waals surface area contributed by atoms with Gasteiger partial charge in [-0.25, -0.2) is 0 Å². The van der Waals surface area contributed by atoms with E-state index in [1.807, 2.05) is 26.8 Å².